The normalized spacial score (nSPS) is 18.2. The van der Waals surface area contributed by atoms with Crippen LogP contribution in [0.1, 0.15) is 45.5 Å². The fourth-order valence-corrected chi connectivity index (χ4v) is 2.86. The highest BCUT2D eigenvalue weighted by molar-refractivity contribution is 5.69. The van der Waals surface area contributed by atoms with Gasteiger partial charge in [-0.3, -0.25) is 4.90 Å². The Hall–Kier alpha value is -2.30. The van der Waals surface area contributed by atoms with E-state index in [2.05, 4.69) is 9.97 Å². The Labute approximate surface area is 136 Å². The Kier molecular flexibility index (Phi) is 4.11. The van der Waals surface area contributed by atoms with Crippen molar-refractivity contribution >= 4 is 6.09 Å². The summed E-state index contributed by atoms with van der Waals surface area (Å²) in [7, 11) is 0. The first-order valence-electron chi connectivity index (χ1n) is 8.04. The Bertz CT molecular complexity index is 673. The smallest absolute Gasteiger partial charge is 0.410 e. The molecule has 1 fully saturated rings. The van der Waals surface area contributed by atoms with Gasteiger partial charge in [-0.2, -0.15) is 0 Å². The number of hydrogen-bond acceptors (Lipinski definition) is 3. The lowest BCUT2D eigenvalue weighted by molar-refractivity contribution is 0.0219. The van der Waals surface area contributed by atoms with Gasteiger partial charge in [0, 0.05) is 6.54 Å². The number of imidazole rings is 1. The summed E-state index contributed by atoms with van der Waals surface area (Å²) in [5, 5.41) is 0. The number of ether oxygens (including phenoxy) is 1. The van der Waals surface area contributed by atoms with Crippen LogP contribution in [0.2, 0.25) is 0 Å². The van der Waals surface area contributed by atoms with E-state index in [0.717, 1.165) is 29.9 Å². The lowest BCUT2D eigenvalue weighted by Gasteiger charge is -2.27. The molecule has 1 aromatic heterocycles. The van der Waals surface area contributed by atoms with E-state index in [4.69, 9.17) is 4.74 Å². The molecular weight excluding hydrogens is 290 g/mol. The van der Waals surface area contributed by atoms with Gasteiger partial charge in [0.15, 0.2) is 0 Å². The van der Waals surface area contributed by atoms with E-state index in [-0.39, 0.29) is 12.1 Å². The van der Waals surface area contributed by atoms with Gasteiger partial charge in [-0.15, -0.1) is 0 Å². The van der Waals surface area contributed by atoms with Crippen molar-refractivity contribution in [2.24, 2.45) is 0 Å². The summed E-state index contributed by atoms with van der Waals surface area (Å²) in [5.41, 5.74) is 1.58. The summed E-state index contributed by atoms with van der Waals surface area (Å²) in [6, 6.07) is 10.0. The van der Waals surface area contributed by atoms with Gasteiger partial charge in [-0.1, -0.05) is 30.3 Å². The minimum absolute atomic E-state index is 0.0395. The number of carbonyl (C=O) groups is 1. The summed E-state index contributed by atoms with van der Waals surface area (Å²) >= 11 is 0. The van der Waals surface area contributed by atoms with Crippen LogP contribution in [-0.4, -0.2) is 33.1 Å². The number of likely N-dealkylation sites (tertiary alicyclic amines) is 1. The number of rotatable bonds is 2. The summed E-state index contributed by atoms with van der Waals surface area (Å²) in [5.74, 6) is 0.826. The van der Waals surface area contributed by atoms with Gasteiger partial charge in [0.25, 0.3) is 0 Å². The van der Waals surface area contributed by atoms with Crippen LogP contribution in [0.3, 0.4) is 0 Å². The Morgan fingerprint density at radius 1 is 1.30 bits per heavy atom. The number of aromatic amines is 1. The molecule has 2 aromatic rings. The minimum Gasteiger partial charge on any atom is -0.444 e. The third-order valence-corrected chi connectivity index (χ3v) is 3.88. The van der Waals surface area contributed by atoms with Gasteiger partial charge in [-0.05, 0) is 39.2 Å². The second kappa shape index (κ2) is 6.07. The van der Waals surface area contributed by atoms with Crippen molar-refractivity contribution in [2.75, 3.05) is 6.54 Å². The van der Waals surface area contributed by atoms with Crippen LogP contribution in [0, 0.1) is 0 Å². The topological polar surface area (TPSA) is 58.2 Å². The highest BCUT2D eigenvalue weighted by atomic mass is 16.6. The highest BCUT2D eigenvalue weighted by Crippen LogP contribution is 2.32. The van der Waals surface area contributed by atoms with Crippen molar-refractivity contribution in [3.05, 3.63) is 42.4 Å². The molecule has 1 atom stereocenters. The molecule has 1 aliphatic rings. The van der Waals surface area contributed by atoms with Crippen molar-refractivity contribution in [1.29, 1.82) is 0 Å². The molecule has 0 radical (unpaired) electrons. The quantitative estimate of drug-likeness (QED) is 0.906. The van der Waals surface area contributed by atoms with E-state index >= 15 is 0 Å². The first kappa shape index (κ1) is 15.6. The molecule has 1 aliphatic heterocycles. The minimum atomic E-state index is -0.484. The lowest BCUT2D eigenvalue weighted by atomic mass is 10.2. The number of aromatic nitrogens is 2. The second-order valence-electron chi connectivity index (χ2n) is 6.88. The van der Waals surface area contributed by atoms with Crippen molar-refractivity contribution in [3.8, 4) is 11.3 Å². The molecule has 122 valence electrons. The van der Waals surface area contributed by atoms with Crippen LogP contribution >= 0.6 is 0 Å². The number of H-pyrrole nitrogens is 1. The first-order chi connectivity index (χ1) is 10.9. The third kappa shape index (κ3) is 3.55. The van der Waals surface area contributed by atoms with Crippen LogP contribution in [-0.2, 0) is 4.74 Å². The number of carbonyl (C=O) groups excluding carboxylic acids is 1. The zero-order valence-corrected chi connectivity index (χ0v) is 13.9. The molecule has 3 rings (SSSR count). The van der Waals surface area contributed by atoms with Gasteiger partial charge in [0.05, 0.1) is 17.9 Å². The molecule has 5 heteroatoms. The summed E-state index contributed by atoms with van der Waals surface area (Å²) in [6.07, 6.45) is 3.43. The molecule has 1 N–H and O–H groups in total. The lowest BCUT2D eigenvalue weighted by Crippen LogP contribution is -2.36. The molecule has 0 bridgehead atoms. The largest absolute Gasteiger partial charge is 0.444 e. The number of amides is 1. The number of benzene rings is 1. The average molecular weight is 313 g/mol. The van der Waals surface area contributed by atoms with E-state index < -0.39 is 5.60 Å². The van der Waals surface area contributed by atoms with E-state index in [9.17, 15) is 4.79 Å². The molecule has 5 nitrogen and oxygen atoms in total. The maximum Gasteiger partial charge on any atom is 0.410 e. The zero-order chi connectivity index (χ0) is 16.4. The van der Waals surface area contributed by atoms with Crippen LogP contribution < -0.4 is 0 Å². The van der Waals surface area contributed by atoms with Crippen LogP contribution in [0.4, 0.5) is 4.79 Å². The molecule has 0 aliphatic carbocycles. The fraction of sp³-hybridized carbons (Fsp3) is 0.444. The summed E-state index contributed by atoms with van der Waals surface area (Å²) in [6.45, 7) is 6.37. The maximum atomic E-state index is 12.4. The molecular formula is C18H23N3O2. The van der Waals surface area contributed by atoms with Crippen LogP contribution in [0.25, 0.3) is 11.3 Å². The van der Waals surface area contributed by atoms with E-state index in [1.165, 1.54) is 0 Å². The SMILES string of the molecule is CC(C)(C)OC(=O)N1CCCC1c1ncc(-c2ccccc2)[nH]1. The molecule has 1 unspecified atom stereocenters. The van der Waals surface area contributed by atoms with Crippen molar-refractivity contribution in [2.45, 2.75) is 45.3 Å². The van der Waals surface area contributed by atoms with Crippen molar-refractivity contribution in [3.63, 3.8) is 0 Å². The third-order valence-electron chi connectivity index (χ3n) is 3.88. The van der Waals surface area contributed by atoms with Crippen molar-refractivity contribution in [1.82, 2.24) is 14.9 Å². The summed E-state index contributed by atoms with van der Waals surface area (Å²) < 4.78 is 5.51. The van der Waals surface area contributed by atoms with E-state index in [0.29, 0.717) is 6.54 Å². The molecule has 0 spiro atoms. The zero-order valence-electron chi connectivity index (χ0n) is 13.9. The summed E-state index contributed by atoms with van der Waals surface area (Å²) in [4.78, 5) is 22.0. The van der Waals surface area contributed by atoms with Crippen molar-refractivity contribution < 1.29 is 9.53 Å². The Morgan fingerprint density at radius 3 is 2.74 bits per heavy atom. The Morgan fingerprint density at radius 2 is 2.04 bits per heavy atom. The number of hydrogen-bond donors (Lipinski definition) is 1. The Balaban J connectivity index is 1.78. The molecule has 1 aromatic carbocycles. The standard InChI is InChI=1S/C18H23N3O2/c1-18(2,3)23-17(22)21-11-7-10-15(21)16-19-12-14(20-16)13-8-5-4-6-9-13/h4-6,8-9,12,15H,7,10-11H2,1-3H3,(H,19,20). The molecule has 1 amide bonds. The van der Waals surface area contributed by atoms with E-state index in [1.807, 2.05) is 57.3 Å². The van der Waals surface area contributed by atoms with Gasteiger partial charge in [0.2, 0.25) is 0 Å². The van der Waals surface area contributed by atoms with E-state index in [1.54, 1.807) is 4.90 Å². The molecule has 0 saturated carbocycles. The van der Waals surface area contributed by atoms with Gasteiger partial charge in [0.1, 0.15) is 11.4 Å². The first-order valence-corrected chi connectivity index (χ1v) is 8.04. The fourth-order valence-electron chi connectivity index (χ4n) is 2.86. The van der Waals surface area contributed by atoms with Crippen LogP contribution in [0.15, 0.2) is 36.5 Å². The number of nitrogens with one attached hydrogen (secondary N) is 1. The average Bonchev–Trinajstić information content (AvgIpc) is 3.15. The second-order valence-corrected chi connectivity index (χ2v) is 6.88. The molecule has 23 heavy (non-hydrogen) atoms. The van der Waals surface area contributed by atoms with Gasteiger partial charge < -0.3 is 9.72 Å². The predicted octanol–water partition coefficient (Wildman–Crippen LogP) is 4.15. The maximum absolute atomic E-state index is 12.4. The van der Waals surface area contributed by atoms with Gasteiger partial charge in [-0.25, -0.2) is 9.78 Å². The predicted molar refractivity (Wildman–Crippen MR) is 88.9 cm³/mol. The van der Waals surface area contributed by atoms with Gasteiger partial charge >= 0.3 is 6.09 Å². The monoisotopic (exact) mass is 313 g/mol. The van der Waals surface area contributed by atoms with Crippen LogP contribution in [0.5, 0.6) is 0 Å². The molecule has 1 saturated heterocycles. The highest BCUT2D eigenvalue weighted by Gasteiger charge is 2.34. The molecule has 2 heterocycles. The number of nitrogens with zero attached hydrogens (tertiary/aromatic N) is 2.